The van der Waals surface area contributed by atoms with Gasteiger partial charge in [0.1, 0.15) is 12.2 Å². The molecular weight excluding hydrogens is 242 g/mol. The molecule has 1 aliphatic heterocycles. The van der Waals surface area contributed by atoms with Crippen molar-refractivity contribution in [1.29, 1.82) is 0 Å². The normalized spacial score (nSPS) is 21.2. The molecule has 0 spiro atoms. The van der Waals surface area contributed by atoms with Crippen molar-refractivity contribution in [2.24, 2.45) is 0 Å². The summed E-state index contributed by atoms with van der Waals surface area (Å²) in [5, 5.41) is 9.53. The van der Waals surface area contributed by atoms with Crippen LogP contribution in [-0.4, -0.2) is 53.3 Å². The quantitative estimate of drug-likeness (QED) is 0.731. The number of H-pyrrole nitrogens is 1. The Balaban J connectivity index is 1.94. The second kappa shape index (κ2) is 5.11. The first-order valence-corrected chi connectivity index (χ1v) is 7.20. The summed E-state index contributed by atoms with van der Waals surface area (Å²) in [6, 6.07) is 0.0807. The third-order valence-corrected chi connectivity index (χ3v) is 4.79. The van der Waals surface area contributed by atoms with Gasteiger partial charge in [-0.2, -0.15) is 9.40 Å². The molecule has 7 nitrogen and oxygen atoms in total. The molecule has 1 atom stereocenters. The molecule has 1 aromatic heterocycles. The third-order valence-electron chi connectivity index (χ3n) is 2.89. The maximum Gasteiger partial charge on any atom is 0.215 e. The van der Waals surface area contributed by atoms with Crippen molar-refractivity contribution in [3.05, 3.63) is 12.2 Å². The monoisotopic (exact) mass is 259 g/mol. The zero-order chi connectivity index (χ0) is 12.3. The van der Waals surface area contributed by atoms with Crippen LogP contribution >= 0.6 is 0 Å². The summed E-state index contributed by atoms with van der Waals surface area (Å²) in [6.07, 6.45) is 3.34. The predicted octanol–water partition coefficient (Wildman–Crippen LogP) is -0.682. The fraction of sp³-hybridized carbons (Fsp3) is 0.778. The Labute approximate surface area is 101 Å². The van der Waals surface area contributed by atoms with Crippen LogP contribution in [-0.2, 0) is 16.6 Å². The Hall–Kier alpha value is -0.990. The minimum Gasteiger partial charge on any atom is -0.313 e. The summed E-state index contributed by atoms with van der Waals surface area (Å²) < 4.78 is 25.4. The molecule has 0 radical (unpaired) electrons. The zero-order valence-corrected chi connectivity index (χ0v) is 10.6. The Morgan fingerprint density at radius 1 is 1.59 bits per heavy atom. The molecule has 0 aromatic carbocycles. The molecule has 17 heavy (non-hydrogen) atoms. The maximum absolute atomic E-state index is 12.0. The van der Waals surface area contributed by atoms with E-state index < -0.39 is 10.0 Å². The molecule has 2 rings (SSSR count). The molecule has 0 amide bonds. The van der Waals surface area contributed by atoms with Crippen LogP contribution in [0.3, 0.4) is 0 Å². The number of aromatic nitrogens is 3. The summed E-state index contributed by atoms with van der Waals surface area (Å²) in [4.78, 5) is 3.91. The van der Waals surface area contributed by atoms with Crippen LogP contribution in [0.5, 0.6) is 0 Å². The minimum absolute atomic E-state index is 0.0807. The first-order valence-electron chi connectivity index (χ1n) is 5.59. The van der Waals surface area contributed by atoms with Gasteiger partial charge < -0.3 is 5.32 Å². The fourth-order valence-electron chi connectivity index (χ4n) is 1.90. The SMILES string of the molecule is CN(Cc1ncn[nH]1)S(=O)(=O)CC1CCCN1. The number of nitrogens with zero attached hydrogens (tertiary/aromatic N) is 3. The molecule has 96 valence electrons. The molecule has 0 bridgehead atoms. The van der Waals surface area contributed by atoms with E-state index in [4.69, 9.17) is 0 Å². The molecule has 8 heteroatoms. The lowest BCUT2D eigenvalue weighted by Gasteiger charge is -2.18. The van der Waals surface area contributed by atoms with E-state index in [9.17, 15) is 8.42 Å². The van der Waals surface area contributed by atoms with Crippen molar-refractivity contribution in [1.82, 2.24) is 24.8 Å². The summed E-state index contributed by atoms with van der Waals surface area (Å²) in [5.41, 5.74) is 0. The van der Waals surface area contributed by atoms with Crippen molar-refractivity contribution in [2.45, 2.75) is 25.4 Å². The first kappa shape index (κ1) is 12.5. The van der Waals surface area contributed by atoms with Crippen molar-refractivity contribution in [3.63, 3.8) is 0 Å². The first-order chi connectivity index (χ1) is 8.08. The van der Waals surface area contributed by atoms with Crippen molar-refractivity contribution >= 4 is 10.0 Å². The van der Waals surface area contributed by atoms with Gasteiger partial charge in [0.15, 0.2) is 0 Å². The highest BCUT2D eigenvalue weighted by atomic mass is 32.2. The lowest BCUT2D eigenvalue weighted by atomic mass is 10.3. The highest BCUT2D eigenvalue weighted by Gasteiger charge is 2.25. The van der Waals surface area contributed by atoms with Gasteiger partial charge in [-0.3, -0.25) is 5.10 Å². The van der Waals surface area contributed by atoms with Crippen molar-refractivity contribution in [3.8, 4) is 0 Å². The predicted molar refractivity (Wildman–Crippen MR) is 62.7 cm³/mol. The lowest BCUT2D eigenvalue weighted by Crippen LogP contribution is -2.37. The fourth-order valence-corrected chi connectivity index (χ4v) is 3.26. The number of hydrogen-bond acceptors (Lipinski definition) is 5. The van der Waals surface area contributed by atoms with Gasteiger partial charge in [0.05, 0.1) is 12.3 Å². The van der Waals surface area contributed by atoms with Crippen LogP contribution in [0.25, 0.3) is 0 Å². The van der Waals surface area contributed by atoms with Crippen LogP contribution in [0.1, 0.15) is 18.7 Å². The Bertz CT molecular complexity index is 438. The lowest BCUT2D eigenvalue weighted by molar-refractivity contribution is 0.450. The molecule has 0 aliphatic carbocycles. The zero-order valence-electron chi connectivity index (χ0n) is 9.76. The summed E-state index contributed by atoms with van der Waals surface area (Å²) in [5.74, 6) is 0.702. The smallest absolute Gasteiger partial charge is 0.215 e. The number of sulfonamides is 1. The Morgan fingerprint density at radius 3 is 3.00 bits per heavy atom. The summed E-state index contributed by atoms with van der Waals surface area (Å²) in [7, 11) is -1.67. The van der Waals surface area contributed by atoms with Crippen LogP contribution in [0.2, 0.25) is 0 Å². The van der Waals surface area contributed by atoms with E-state index in [1.807, 2.05) is 0 Å². The van der Waals surface area contributed by atoms with E-state index in [1.54, 1.807) is 7.05 Å². The van der Waals surface area contributed by atoms with Gasteiger partial charge in [0.25, 0.3) is 0 Å². The molecule has 1 aliphatic rings. The Kier molecular flexibility index (Phi) is 3.75. The van der Waals surface area contributed by atoms with Crippen molar-refractivity contribution < 1.29 is 8.42 Å². The molecule has 1 aromatic rings. The second-order valence-corrected chi connectivity index (χ2v) is 6.38. The van der Waals surface area contributed by atoms with Gasteiger partial charge in [-0.15, -0.1) is 0 Å². The molecule has 0 saturated carbocycles. The number of hydrogen-bond donors (Lipinski definition) is 2. The standard InChI is InChI=1S/C9H17N5O2S/c1-14(5-9-11-7-12-13-9)17(15,16)6-8-3-2-4-10-8/h7-8,10H,2-6H2,1H3,(H,11,12,13). The minimum atomic E-state index is -3.24. The molecule has 2 heterocycles. The van der Waals surface area contributed by atoms with Gasteiger partial charge in [0, 0.05) is 13.1 Å². The molecule has 2 N–H and O–H groups in total. The number of rotatable bonds is 5. The number of nitrogens with one attached hydrogen (secondary N) is 2. The average Bonchev–Trinajstić information content (AvgIpc) is 2.90. The van der Waals surface area contributed by atoms with E-state index in [2.05, 4.69) is 20.5 Å². The van der Waals surface area contributed by atoms with Crippen LogP contribution in [0.15, 0.2) is 6.33 Å². The molecule has 1 saturated heterocycles. The largest absolute Gasteiger partial charge is 0.313 e. The van der Waals surface area contributed by atoms with E-state index in [-0.39, 0.29) is 18.3 Å². The van der Waals surface area contributed by atoms with Crippen molar-refractivity contribution in [2.75, 3.05) is 19.3 Å². The van der Waals surface area contributed by atoms with Crippen LogP contribution < -0.4 is 5.32 Å². The molecular formula is C9H17N5O2S. The van der Waals surface area contributed by atoms with Gasteiger partial charge in [-0.25, -0.2) is 13.4 Å². The van der Waals surface area contributed by atoms with Gasteiger partial charge in [-0.05, 0) is 19.4 Å². The summed E-state index contributed by atoms with van der Waals surface area (Å²) >= 11 is 0. The third kappa shape index (κ3) is 3.24. The molecule has 1 fully saturated rings. The highest BCUT2D eigenvalue weighted by Crippen LogP contribution is 2.11. The second-order valence-electron chi connectivity index (χ2n) is 4.26. The Morgan fingerprint density at radius 2 is 2.41 bits per heavy atom. The van der Waals surface area contributed by atoms with Gasteiger partial charge in [0.2, 0.25) is 10.0 Å². The topological polar surface area (TPSA) is 91.0 Å². The van der Waals surface area contributed by atoms with Gasteiger partial charge >= 0.3 is 0 Å². The van der Waals surface area contributed by atoms with E-state index in [1.165, 1.54) is 10.6 Å². The molecule has 1 unspecified atom stereocenters. The van der Waals surface area contributed by atoms with Crippen LogP contribution in [0, 0.1) is 0 Å². The highest BCUT2D eigenvalue weighted by molar-refractivity contribution is 7.89. The van der Waals surface area contributed by atoms with Crippen LogP contribution in [0.4, 0.5) is 0 Å². The maximum atomic E-state index is 12.0. The van der Waals surface area contributed by atoms with Gasteiger partial charge in [-0.1, -0.05) is 0 Å². The summed E-state index contributed by atoms with van der Waals surface area (Å²) in [6.45, 7) is 1.14. The van der Waals surface area contributed by atoms with E-state index >= 15 is 0 Å². The van der Waals surface area contributed by atoms with E-state index in [0.717, 1.165) is 19.4 Å². The number of aromatic amines is 1. The average molecular weight is 259 g/mol. The van der Waals surface area contributed by atoms with E-state index in [0.29, 0.717) is 5.82 Å².